The van der Waals surface area contributed by atoms with E-state index in [0.717, 1.165) is 51.4 Å². The van der Waals surface area contributed by atoms with Crippen LogP contribution < -0.4 is 5.73 Å². The Morgan fingerprint density at radius 3 is 0.590 bits per heavy atom. The average Bonchev–Trinajstić information content (AvgIpc) is 1.79. The van der Waals surface area contributed by atoms with Gasteiger partial charge in [-0.3, -0.25) is 19.2 Å². The predicted molar refractivity (Wildman–Crippen MR) is 417 cm³/mol. The molecule has 15 heteroatoms. The van der Waals surface area contributed by atoms with E-state index in [9.17, 15) is 19.2 Å². The van der Waals surface area contributed by atoms with Gasteiger partial charge in [-0.25, -0.2) is 0 Å². The molecule has 4 fully saturated rings. The Bertz CT molecular complexity index is 1910. The van der Waals surface area contributed by atoms with Crippen molar-refractivity contribution in [2.24, 2.45) is 5.73 Å². The molecule has 0 aliphatic carbocycles. The highest BCUT2D eigenvalue weighted by atomic mass is 16.7. The van der Waals surface area contributed by atoms with E-state index in [-0.39, 0.29) is 23.9 Å². The molecule has 8 atom stereocenters. The van der Waals surface area contributed by atoms with Crippen molar-refractivity contribution in [1.82, 2.24) is 0 Å². The molecule has 4 saturated heterocycles. The van der Waals surface area contributed by atoms with Gasteiger partial charge in [0.05, 0.1) is 77.3 Å². The number of hydrogen-bond acceptors (Lipinski definition) is 15. The van der Waals surface area contributed by atoms with Crippen LogP contribution in [-0.2, 0) is 57.1 Å². The fraction of sp³-hybridized carbons (Fsp3) is 0.859. The first kappa shape index (κ1) is 98.3. The third kappa shape index (κ3) is 69.9. The highest BCUT2D eigenvalue weighted by Crippen LogP contribution is 2.32. The minimum atomic E-state index is -0.110. The summed E-state index contributed by atoms with van der Waals surface area (Å²) in [4.78, 5) is 57.8. The minimum Gasteiger partial charge on any atom is -0.469 e. The molecule has 0 saturated carbocycles. The number of carbonyl (C=O) groups excluding carboxylic acids is 4. The van der Waals surface area contributed by atoms with Crippen LogP contribution in [0.3, 0.4) is 0 Å². The van der Waals surface area contributed by atoms with E-state index in [4.69, 9.17) is 28.9 Å². The molecule has 0 aromatic carbocycles. The zero-order valence-electron chi connectivity index (χ0n) is 66.1. The molecule has 0 amide bonds. The molecule has 586 valence electrons. The molecule has 4 aliphatic heterocycles. The van der Waals surface area contributed by atoms with E-state index in [1.54, 1.807) is 0 Å². The van der Waals surface area contributed by atoms with Gasteiger partial charge in [-0.1, -0.05) is 243 Å². The quantitative estimate of drug-likeness (QED) is 0.0197. The van der Waals surface area contributed by atoms with Crippen LogP contribution in [0.15, 0.2) is 48.6 Å². The van der Waals surface area contributed by atoms with Crippen molar-refractivity contribution in [3.05, 3.63) is 58.5 Å². The van der Waals surface area contributed by atoms with Crippen molar-refractivity contribution in [3.63, 3.8) is 0 Å². The zero-order valence-corrected chi connectivity index (χ0v) is 66.1. The largest absolute Gasteiger partial charge is 0.469 e. The normalized spacial score (nSPS) is 19.1. The van der Waals surface area contributed by atoms with E-state index < -0.39 is 0 Å². The molecule has 100 heavy (non-hydrogen) atoms. The first-order valence-corrected chi connectivity index (χ1v) is 41.3. The Morgan fingerprint density at radius 1 is 0.240 bits per heavy atom. The van der Waals surface area contributed by atoms with E-state index in [0.29, 0.717) is 74.5 Å². The highest BCUT2D eigenvalue weighted by molar-refractivity contribution is 5.70. The molecule has 4 rings (SSSR count). The third-order valence-corrected chi connectivity index (χ3v) is 19.4. The molecule has 15 nitrogen and oxygen atoms in total. The summed E-state index contributed by atoms with van der Waals surface area (Å²) in [7, 11) is 7.31. The van der Waals surface area contributed by atoms with Gasteiger partial charge in [0.15, 0.2) is 0 Å². The summed E-state index contributed by atoms with van der Waals surface area (Å²) in [5, 5.41) is 0. The fourth-order valence-corrected chi connectivity index (χ4v) is 12.6. The van der Waals surface area contributed by atoms with Crippen LogP contribution in [0.25, 0.3) is 0 Å². The first-order valence-electron chi connectivity index (χ1n) is 41.3. The van der Waals surface area contributed by atoms with Crippen LogP contribution in [0.4, 0.5) is 0 Å². The highest BCUT2D eigenvalue weighted by Gasteiger charge is 2.37. The van der Waals surface area contributed by atoms with Gasteiger partial charge < -0.3 is 43.6 Å². The number of esters is 4. The molecule has 0 bridgehead atoms. The Morgan fingerprint density at radius 2 is 0.390 bits per heavy atom. The van der Waals surface area contributed by atoms with Crippen molar-refractivity contribution in [3.8, 4) is 0 Å². The maximum Gasteiger partial charge on any atom is 0.305 e. The van der Waals surface area contributed by atoms with Crippen LogP contribution in [0.1, 0.15) is 387 Å². The first-order chi connectivity index (χ1) is 49.1. The molecular weight excluding hydrogens is 1260 g/mol. The second-order valence-electron chi connectivity index (χ2n) is 27.9. The fourth-order valence-electron chi connectivity index (χ4n) is 12.6. The summed E-state index contributed by atoms with van der Waals surface area (Å²) in [5.74, 6) is -0.357. The van der Waals surface area contributed by atoms with E-state index >= 15 is 0 Å². The Hall–Kier alpha value is -3.76. The molecule has 0 spiro atoms. The number of unbranched alkanes of at least 4 members (excludes halogenated alkanes) is 36. The monoisotopic (exact) mass is 1420 g/mol. The van der Waals surface area contributed by atoms with Crippen LogP contribution in [0, 0.1) is 9.93 Å². The predicted octanol–water partition coefficient (Wildman–Crippen LogP) is 23.5. The second-order valence-corrected chi connectivity index (χ2v) is 27.9. The van der Waals surface area contributed by atoms with Crippen LogP contribution in [0.5, 0.6) is 0 Å². The van der Waals surface area contributed by atoms with Crippen molar-refractivity contribution in [1.29, 1.82) is 0 Å². The Kier molecular flexibility index (Phi) is 76.5. The van der Waals surface area contributed by atoms with Crippen LogP contribution in [-0.4, -0.2) is 108 Å². The van der Waals surface area contributed by atoms with E-state index in [1.165, 1.54) is 318 Å². The Labute approximate surface area is 613 Å². The van der Waals surface area contributed by atoms with Crippen molar-refractivity contribution < 1.29 is 57.1 Å². The topological polar surface area (TPSA) is 215 Å². The number of nitrogens with two attached hydrogens (primary N) is 1. The van der Waals surface area contributed by atoms with Gasteiger partial charge in [0, 0.05) is 35.6 Å². The van der Waals surface area contributed by atoms with Gasteiger partial charge in [0.2, 0.25) is 0 Å². The summed E-state index contributed by atoms with van der Waals surface area (Å²) in [6.07, 6.45) is 90.5. The van der Waals surface area contributed by atoms with Gasteiger partial charge in [-0.05, 0) is 174 Å². The molecule has 4 aliphatic rings. The van der Waals surface area contributed by atoms with Crippen molar-refractivity contribution in [2.75, 3.05) is 35.5 Å². The number of ether oxygens (including phenoxy) is 8. The minimum absolute atomic E-state index is 0.0685. The number of allylic oxidation sites excluding steroid dienone is 8. The second kappa shape index (κ2) is 77.8. The molecule has 0 radical (unpaired) electrons. The molecular formula is C85H157NO14. The van der Waals surface area contributed by atoms with Crippen LogP contribution in [0.2, 0.25) is 0 Å². The van der Waals surface area contributed by atoms with Gasteiger partial charge in [0.25, 0.3) is 0 Å². The van der Waals surface area contributed by atoms with Gasteiger partial charge in [-0.2, -0.15) is 0 Å². The van der Waals surface area contributed by atoms with Gasteiger partial charge >= 0.3 is 23.9 Å². The lowest BCUT2D eigenvalue weighted by Gasteiger charge is -2.03. The maximum absolute atomic E-state index is 11.0. The number of rotatable bonds is 64. The summed E-state index contributed by atoms with van der Waals surface area (Å²) < 4.78 is 40.8. The van der Waals surface area contributed by atoms with Gasteiger partial charge in [-0.15, -0.1) is 0 Å². The number of epoxide rings is 4. The smallest absolute Gasteiger partial charge is 0.305 e. The van der Waals surface area contributed by atoms with Crippen molar-refractivity contribution in [2.45, 2.75) is 436 Å². The maximum atomic E-state index is 11.0. The Balaban J connectivity index is 0. The molecule has 2 N–H and O–H groups in total. The van der Waals surface area contributed by atoms with Crippen molar-refractivity contribution >= 4 is 23.9 Å². The third-order valence-electron chi connectivity index (χ3n) is 19.4. The number of methoxy groups -OCH3 is 4. The van der Waals surface area contributed by atoms with Gasteiger partial charge in [0.1, 0.15) is 0 Å². The standard InChI is InChI=1S/C21H40O3.2C21H38O3.C21H36O3.CH5N.O2/c4*1-3-19-20(24-19)17-15-13-11-9-7-5-4-6-8-10-12-14-16-18-21(22)23-2;2*1-2/h19-20H,3-18H2,1-2H3;10,12,19-20H,3-9,11,13-18H2,1-2H3;7,9,19-20H,3-6,8,10-18H2,1-2H3;7,9-10,12,19-20H,3-6,8,11,13-18H2,1-2H3;2H2,1H3;/b;12-10-;9-7-;9-7-,12-10-;;. The zero-order chi connectivity index (χ0) is 73.8. The van der Waals surface area contributed by atoms with E-state index in [1.807, 2.05) is 0 Å². The van der Waals surface area contributed by atoms with Crippen LogP contribution >= 0.6 is 0 Å². The lowest BCUT2D eigenvalue weighted by Crippen LogP contribution is -1.99. The number of hydrogen-bond donors (Lipinski definition) is 1. The summed E-state index contributed by atoms with van der Waals surface area (Å²) in [5.41, 5.74) is 4.50. The molecule has 8 unspecified atom stereocenters. The number of carbonyl (C=O) groups is 4. The summed E-state index contributed by atoms with van der Waals surface area (Å²) >= 11 is 0. The average molecular weight is 1420 g/mol. The van der Waals surface area contributed by atoms with E-state index in [2.05, 4.69) is 101 Å². The summed E-state index contributed by atoms with van der Waals surface area (Å²) in [6.45, 7) is 8.84. The lowest BCUT2D eigenvalue weighted by atomic mass is 10.0. The molecule has 0 aromatic rings. The summed E-state index contributed by atoms with van der Waals surface area (Å²) in [6, 6.07) is 0. The lowest BCUT2D eigenvalue weighted by molar-refractivity contribution is -0.141. The molecule has 4 heterocycles. The molecule has 0 aromatic heterocycles. The SMILES string of the molecule is CCC1OC1CCCC/C=C\CCCC/C=C\CCCC(=O)OC.CCC1OC1CCCC/C=C\CCCCCCCCCC(=O)OC.CCC1OC1CCCCCCCCCC/C=C\CCCC(=O)OC.CCC1OC1CCCCCCCCCCCCCCCC(=O)OC.CN.O=O.